The molecule has 2 heteroatoms. The fourth-order valence-corrected chi connectivity index (χ4v) is 2.97. The predicted molar refractivity (Wildman–Crippen MR) is 64.8 cm³/mol. The zero-order chi connectivity index (χ0) is 10.5. The average molecular weight is 210 g/mol. The first kappa shape index (κ1) is 11.4. The summed E-state index contributed by atoms with van der Waals surface area (Å²) in [7, 11) is 0. The minimum Gasteiger partial charge on any atom is -0.330 e. The van der Waals surface area contributed by atoms with Crippen LogP contribution in [0.4, 0.5) is 0 Å². The molecule has 1 atom stereocenters. The van der Waals surface area contributed by atoms with Crippen LogP contribution in [0.15, 0.2) is 0 Å². The molecule has 0 aromatic heterocycles. The number of nitrogens with zero attached hydrogens (tertiary/aromatic N) is 1. The van der Waals surface area contributed by atoms with Crippen LogP contribution < -0.4 is 5.73 Å². The molecule has 1 unspecified atom stereocenters. The maximum Gasteiger partial charge on any atom is 0.000966 e. The van der Waals surface area contributed by atoms with Gasteiger partial charge in [-0.3, -0.25) is 0 Å². The Morgan fingerprint density at radius 3 is 2.40 bits per heavy atom. The third-order valence-corrected chi connectivity index (χ3v) is 4.26. The molecule has 88 valence electrons. The van der Waals surface area contributed by atoms with Crippen molar-refractivity contribution in [1.29, 1.82) is 0 Å². The van der Waals surface area contributed by atoms with Gasteiger partial charge >= 0.3 is 0 Å². The van der Waals surface area contributed by atoms with Crippen LogP contribution in [-0.2, 0) is 0 Å². The van der Waals surface area contributed by atoms with Crippen molar-refractivity contribution in [3.8, 4) is 0 Å². The predicted octanol–water partition coefficient (Wildman–Crippen LogP) is 2.24. The van der Waals surface area contributed by atoms with Gasteiger partial charge in [-0.2, -0.15) is 0 Å². The van der Waals surface area contributed by atoms with Crippen LogP contribution in [0.2, 0.25) is 0 Å². The van der Waals surface area contributed by atoms with E-state index in [1.54, 1.807) is 0 Å². The van der Waals surface area contributed by atoms with Crippen molar-refractivity contribution in [2.24, 2.45) is 17.6 Å². The average Bonchev–Trinajstić information content (AvgIpc) is 2.38. The van der Waals surface area contributed by atoms with E-state index < -0.39 is 0 Å². The molecule has 0 aromatic carbocycles. The largest absolute Gasteiger partial charge is 0.330 e. The summed E-state index contributed by atoms with van der Waals surface area (Å²) in [5.74, 6) is 1.96. The van der Waals surface area contributed by atoms with E-state index in [9.17, 15) is 0 Å². The van der Waals surface area contributed by atoms with Crippen molar-refractivity contribution in [3.63, 3.8) is 0 Å². The Balaban J connectivity index is 1.68. The minimum atomic E-state index is 0.882. The molecule has 1 aliphatic carbocycles. The number of nitrogens with two attached hydrogens (primary N) is 1. The van der Waals surface area contributed by atoms with Crippen molar-refractivity contribution in [2.45, 2.75) is 44.9 Å². The molecule has 1 saturated heterocycles. The van der Waals surface area contributed by atoms with E-state index >= 15 is 0 Å². The number of likely N-dealkylation sites (tertiary alicyclic amines) is 1. The zero-order valence-corrected chi connectivity index (χ0v) is 9.96. The SMILES string of the molecule is NCCC1CCCN(CC2CCC2)CC1. The van der Waals surface area contributed by atoms with Crippen molar-refractivity contribution in [3.05, 3.63) is 0 Å². The molecule has 0 bridgehead atoms. The Bertz CT molecular complexity index is 177. The molecule has 1 saturated carbocycles. The van der Waals surface area contributed by atoms with E-state index in [1.165, 1.54) is 64.6 Å². The Morgan fingerprint density at radius 2 is 1.73 bits per heavy atom. The first-order valence-electron chi connectivity index (χ1n) is 6.81. The molecule has 2 aliphatic rings. The van der Waals surface area contributed by atoms with E-state index in [0.29, 0.717) is 0 Å². The smallest absolute Gasteiger partial charge is 0.000966 e. The topological polar surface area (TPSA) is 29.3 Å². The third kappa shape index (κ3) is 3.46. The van der Waals surface area contributed by atoms with Crippen LogP contribution in [0, 0.1) is 11.8 Å². The highest BCUT2D eigenvalue weighted by molar-refractivity contribution is 4.76. The van der Waals surface area contributed by atoms with Gasteiger partial charge < -0.3 is 10.6 Å². The molecule has 2 fully saturated rings. The summed E-state index contributed by atoms with van der Waals surface area (Å²) in [6, 6.07) is 0. The van der Waals surface area contributed by atoms with Crippen LogP contribution in [0.25, 0.3) is 0 Å². The van der Waals surface area contributed by atoms with Gasteiger partial charge in [-0.25, -0.2) is 0 Å². The van der Waals surface area contributed by atoms with Gasteiger partial charge in [-0.1, -0.05) is 6.42 Å². The number of rotatable bonds is 4. The van der Waals surface area contributed by atoms with Crippen LogP contribution in [-0.4, -0.2) is 31.1 Å². The standard InChI is InChI=1S/C13H26N2/c14-8-6-12-5-2-9-15(10-7-12)11-13-3-1-4-13/h12-13H,1-11,14H2. The lowest BCUT2D eigenvalue weighted by Gasteiger charge is -2.31. The zero-order valence-electron chi connectivity index (χ0n) is 9.96. The van der Waals surface area contributed by atoms with E-state index in [0.717, 1.165) is 18.4 Å². The molecule has 0 amide bonds. The molecule has 2 nitrogen and oxygen atoms in total. The fraction of sp³-hybridized carbons (Fsp3) is 1.00. The molecule has 0 radical (unpaired) electrons. The van der Waals surface area contributed by atoms with Crippen molar-refractivity contribution >= 4 is 0 Å². The van der Waals surface area contributed by atoms with Crippen molar-refractivity contribution < 1.29 is 0 Å². The summed E-state index contributed by atoms with van der Waals surface area (Å²) < 4.78 is 0. The van der Waals surface area contributed by atoms with Crippen molar-refractivity contribution in [2.75, 3.05) is 26.2 Å². The minimum absolute atomic E-state index is 0.882. The maximum atomic E-state index is 5.64. The highest BCUT2D eigenvalue weighted by atomic mass is 15.1. The molecular weight excluding hydrogens is 184 g/mol. The van der Waals surface area contributed by atoms with Gasteiger partial charge in [0.25, 0.3) is 0 Å². The van der Waals surface area contributed by atoms with E-state index in [1.807, 2.05) is 0 Å². The Morgan fingerprint density at radius 1 is 0.933 bits per heavy atom. The Hall–Kier alpha value is -0.0800. The lowest BCUT2D eigenvalue weighted by Crippen LogP contribution is -2.33. The first-order chi connectivity index (χ1) is 7.38. The van der Waals surface area contributed by atoms with E-state index in [-0.39, 0.29) is 0 Å². The molecule has 1 heterocycles. The molecule has 0 aromatic rings. The maximum absolute atomic E-state index is 5.64. The molecule has 2 rings (SSSR count). The molecular formula is C13H26N2. The van der Waals surface area contributed by atoms with Gasteiger partial charge in [0.2, 0.25) is 0 Å². The second-order valence-corrected chi connectivity index (χ2v) is 5.47. The van der Waals surface area contributed by atoms with Crippen LogP contribution in [0.1, 0.15) is 44.9 Å². The summed E-state index contributed by atoms with van der Waals surface area (Å²) >= 11 is 0. The quantitative estimate of drug-likeness (QED) is 0.771. The summed E-state index contributed by atoms with van der Waals surface area (Å²) in [5.41, 5.74) is 5.64. The van der Waals surface area contributed by atoms with Crippen molar-refractivity contribution in [1.82, 2.24) is 4.90 Å². The fourth-order valence-electron chi connectivity index (χ4n) is 2.97. The highest BCUT2D eigenvalue weighted by Gasteiger charge is 2.22. The Labute approximate surface area is 94.2 Å². The molecule has 15 heavy (non-hydrogen) atoms. The highest BCUT2D eigenvalue weighted by Crippen LogP contribution is 2.28. The summed E-state index contributed by atoms with van der Waals surface area (Å²) in [6.45, 7) is 4.95. The van der Waals surface area contributed by atoms with E-state index in [4.69, 9.17) is 5.73 Å². The molecule has 2 N–H and O–H groups in total. The van der Waals surface area contributed by atoms with Crippen LogP contribution in [0.3, 0.4) is 0 Å². The monoisotopic (exact) mass is 210 g/mol. The number of hydrogen-bond acceptors (Lipinski definition) is 2. The second kappa shape index (κ2) is 5.86. The first-order valence-corrected chi connectivity index (χ1v) is 6.81. The summed E-state index contributed by atoms with van der Waals surface area (Å²) in [6.07, 6.45) is 9.91. The van der Waals surface area contributed by atoms with Crippen LogP contribution >= 0.6 is 0 Å². The third-order valence-electron chi connectivity index (χ3n) is 4.26. The molecule has 1 aliphatic heterocycles. The molecule has 0 spiro atoms. The Kier molecular flexibility index (Phi) is 4.45. The van der Waals surface area contributed by atoms with Crippen LogP contribution in [0.5, 0.6) is 0 Å². The van der Waals surface area contributed by atoms with Gasteiger partial charge in [0.05, 0.1) is 0 Å². The van der Waals surface area contributed by atoms with Gasteiger partial charge in [0.1, 0.15) is 0 Å². The van der Waals surface area contributed by atoms with Gasteiger partial charge in [0, 0.05) is 6.54 Å². The lowest BCUT2D eigenvalue weighted by atomic mass is 9.85. The lowest BCUT2D eigenvalue weighted by molar-refractivity contribution is 0.181. The normalized spacial score (nSPS) is 29.8. The summed E-state index contributed by atoms with van der Waals surface area (Å²) in [5, 5.41) is 0. The summed E-state index contributed by atoms with van der Waals surface area (Å²) in [4.78, 5) is 2.71. The van der Waals surface area contributed by atoms with Gasteiger partial charge in [-0.05, 0) is 70.0 Å². The van der Waals surface area contributed by atoms with Gasteiger partial charge in [0.15, 0.2) is 0 Å². The second-order valence-electron chi connectivity index (χ2n) is 5.47. The number of hydrogen-bond donors (Lipinski definition) is 1. The van der Waals surface area contributed by atoms with Gasteiger partial charge in [-0.15, -0.1) is 0 Å². The van der Waals surface area contributed by atoms with E-state index in [2.05, 4.69) is 4.90 Å².